The highest BCUT2D eigenvalue weighted by molar-refractivity contribution is 6.33. The fourth-order valence-electron chi connectivity index (χ4n) is 1.84. The molecule has 1 unspecified atom stereocenters. The third-order valence-electron chi connectivity index (χ3n) is 3.44. The van der Waals surface area contributed by atoms with Gasteiger partial charge in [0.2, 0.25) is 5.95 Å². The average molecular weight is 373 g/mol. The lowest BCUT2D eigenvalue weighted by Gasteiger charge is -2.12. The molecule has 1 aromatic carbocycles. The maximum atomic E-state index is 12.8. The van der Waals surface area contributed by atoms with E-state index < -0.39 is 11.7 Å². The number of rotatable bonds is 5. The van der Waals surface area contributed by atoms with Crippen LogP contribution in [0.5, 0.6) is 0 Å². The summed E-state index contributed by atoms with van der Waals surface area (Å²) in [5, 5.41) is 5.47. The molecule has 25 heavy (non-hydrogen) atoms. The number of anilines is 2. The third kappa shape index (κ3) is 5.06. The number of carbonyl (C=O) groups is 1. The fourth-order valence-corrected chi connectivity index (χ4v) is 2.00. The summed E-state index contributed by atoms with van der Waals surface area (Å²) in [5.74, 6) is -0.292. The summed E-state index contributed by atoms with van der Waals surface area (Å²) in [6.45, 7) is 3.80. The van der Waals surface area contributed by atoms with E-state index in [2.05, 4.69) is 20.6 Å². The number of carbonyl (C=O) groups excluding carboxylic acids is 1. The molecule has 0 radical (unpaired) electrons. The van der Waals surface area contributed by atoms with Crippen LogP contribution >= 0.6 is 11.6 Å². The molecule has 1 aromatic heterocycles. The number of hydrogen-bond donors (Lipinski definition) is 2. The normalized spacial score (nSPS) is 12.6. The Bertz CT molecular complexity index is 750. The van der Waals surface area contributed by atoms with Gasteiger partial charge in [0, 0.05) is 18.4 Å². The predicted molar refractivity (Wildman–Crippen MR) is 89.0 cm³/mol. The van der Waals surface area contributed by atoms with Crippen LogP contribution in [0.2, 0.25) is 5.02 Å². The smallest absolute Gasteiger partial charge is 0.350 e. The van der Waals surface area contributed by atoms with Crippen LogP contribution in [-0.2, 0) is 6.18 Å². The first-order valence-corrected chi connectivity index (χ1v) is 7.85. The number of hydrogen-bond acceptors (Lipinski definition) is 4. The highest BCUT2D eigenvalue weighted by Crippen LogP contribution is 2.34. The van der Waals surface area contributed by atoms with Crippen LogP contribution in [0.1, 0.15) is 36.2 Å². The average Bonchev–Trinajstić information content (AvgIpc) is 2.56. The van der Waals surface area contributed by atoms with Gasteiger partial charge in [-0.05, 0) is 31.5 Å². The van der Waals surface area contributed by atoms with Crippen molar-refractivity contribution in [3.8, 4) is 0 Å². The van der Waals surface area contributed by atoms with Gasteiger partial charge in [-0.15, -0.1) is 0 Å². The molecule has 0 fully saturated rings. The summed E-state index contributed by atoms with van der Waals surface area (Å²) in [6, 6.07) is 2.90. The van der Waals surface area contributed by atoms with Crippen LogP contribution in [0.15, 0.2) is 30.6 Å². The standard InChI is InChI=1S/C16H16ClF3N4O/c1-3-9(2)23-14(25)10-7-21-15(22-8-10)24-13-6-11(16(18,19)20)4-5-12(13)17/h4-9H,3H2,1-2H3,(H,23,25)(H,21,22,24). The number of aromatic nitrogens is 2. The Kier molecular flexibility index (Phi) is 5.84. The zero-order chi connectivity index (χ0) is 18.6. The molecule has 2 N–H and O–H groups in total. The molecule has 1 amide bonds. The number of halogens is 4. The zero-order valence-corrected chi connectivity index (χ0v) is 14.2. The Morgan fingerprint density at radius 1 is 1.28 bits per heavy atom. The fraction of sp³-hybridized carbons (Fsp3) is 0.312. The van der Waals surface area contributed by atoms with Crippen LogP contribution in [0.3, 0.4) is 0 Å². The van der Waals surface area contributed by atoms with Gasteiger partial charge < -0.3 is 10.6 Å². The minimum Gasteiger partial charge on any atom is -0.350 e. The summed E-state index contributed by atoms with van der Waals surface area (Å²) in [4.78, 5) is 19.8. The second-order valence-electron chi connectivity index (χ2n) is 5.40. The molecule has 0 aliphatic heterocycles. The molecule has 2 aromatic rings. The van der Waals surface area contributed by atoms with Gasteiger partial charge in [-0.1, -0.05) is 18.5 Å². The Hall–Kier alpha value is -2.35. The highest BCUT2D eigenvalue weighted by Gasteiger charge is 2.31. The van der Waals surface area contributed by atoms with Crippen LogP contribution in [-0.4, -0.2) is 21.9 Å². The summed E-state index contributed by atoms with van der Waals surface area (Å²) in [6.07, 6.45) is -1.14. The van der Waals surface area contributed by atoms with Crippen molar-refractivity contribution in [3.05, 3.63) is 46.7 Å². The minimum absolute atomic E-state index is 0.00853. The van der Waals surface area contributed by atoms with Crippen LogP contribution < -0.4 is 10.6 Å². The Morgan fingerprint density at radius 3 is 2.48 bits per heavy atom. The highest BCUT2D eigenvalue weighted by atomic mass is 35.5. The molecule has 9 heteroatoms. The number of alkyl halides is 3. The van der Waals surface area contributed by atoms with E-state index in [1.807, 2.05) is 13.8 Å². The predicted octanol–water partition coefficient (Wildman–Crippen LogP) is 4.42. The van der Waals surface area contributed by atoms with E-state index in [9.17, 15) is 18.0 Å². The molecule has 1 atom stereocenters. The summed E-state index contributed by atoms with van der Waals surface area (Å²) < 4.78 is 38.3. The van der Waals surface area contributed by atoms with Gasteiger partial charge >= 0.3 is 6.18 Å². The first-order valence-electron chi connectivity index (χ1n) is 7.47. The van der Waals surface area contributed by atoms with Crippen LogP contribution in [0, 0.1) is 0 Å². The lowest BCUT2D eigenvalue weighted by Crippen LogP contribution is -2.32. The van der Waals surface area contributed by atoms with Gasteiger partial charge in [-0.2, -0.15) is 13.2 Å². The van der Waals surface area contributed by atoms with Gasteiger partial charge in [-0.3, -0.25) is 4.79 Å². The molecule has 5 nitrogen and oxygen atoms in total. The van der Waals surface area contributed by atoms with E-state index in [1.165, 1.54) is 12.4 Å². The first-order chi connectivity index (χ1) is 11.7. The molecule has 1 heterocycles. The SMILES string of the molecule is CCC(C)NC(=O)c1cnc(Nc2cc(C(F)(F)F)ccc2Cl)nc1. The van der Waals surface area contributed by atoms with Crippen LogP contribution in [0.4, 0.5) is 24.8 Å². The number of amides is 1. The van der Waals surface area contributed by atoms with Crippen molar-refractivity contribution in [3.63, 3.8) is 0 Å². The molecule has 0 aliphatic carbocycles. The van der Waals surface area contributed by atoms with Crippen LogP contribution in [0.25, 0.3) is 0 Å². The van der Waals surface area contributed by atoms with Crippen molar-refractivity contribution in [1.82, 2.24) is 15.3 Å². The lowest BCUT2D eigenvalue weighted by atomic mass is 10.2. The maximum Gasteiger partial charge on any atom is 0.416 e. The van der Waals surface area contributed by atoms with E-state index >= 15 is 0 Å². The first kappa shape index (κ1) is 19.0. The monoisotopic (exact) mass is 372 g/mol. The summed E-state index contributed by atoms with van der Waals surface area (Å²) in [7, 11) is 0. The van der Waals surface area contributed by atoms with Crippen molar-refractivity contribution >= 4 is 29.1 Å². The Balaban J connectivity index is 2.15. The van der Waals surface area contributed by atoms with E-state index in [-0.39, 0.29) is 34.2 Å². The Labute approximate surface area is 147 Å². The van der Waals surface area contributed by atoms with E-state index in [0.29, 0.717) is 0 Å². The van der Waals surface area contributed by atoms with E-state index in [0.717, 1.165) is 24.6 Å². The molecule has 0 saturated heterocycles. The number of benzene rings is 1. The van der Waals surface area contributed by atoms with Crippen molar-refractivity contribution < 1.29 is 18.0 Å². The van der Waals surface area contributed by atoms with E-state index in [4.69, 9.17) is 11.6 Å². The molecular formula is C16H16ClF3N4O. The topological polar surface area (TPSA) is 66.9 Å². The lowest BCUT2D eigenvalue weighted by molar-refractivity contribution is -0.137. The van der Waals surface area contributed by atoms with Gasteiger partial charge in [-0.25, -0.2) is 9.97 Å². The largest absolute Gasteiger partial charge is 0.416 e. The third-order valence-corrected chi connectivity index (χ3v) is 3.77. The molecule has 0 spiro atoms. The molecule has 0 bridgehead atoms. The van der Waals surface area contributed by atoms with Crippen molar-refractivity contribution in [2.45, 2.75) is 32.5 Å². The summed E-state index contributed by atoms with van der Waals surface area (Å²) >= 11 is 5.90. The molecule has 0 aliphatic rings. The van der Waals surface area contributed by atoms with Crippen molar-refractivity contribution in [2.75, 3.05) is 5.32 Å². The number of nitrogens with one attached hydrogen (secondary N) is 2. The van der Waals surface area contributed by atoms with Gasteiger partial charge in [0.15, 0.2) is 0 Å². The zero-order valence-electron chi connectivity index (χ0n) is 13.5. The quantitative estimate of drug-likeness (QED) is 0.815. The van der Waals surface area contributed by atoms with Gasteiger partial charge in [0.25, 0.3) is 5.91 Å². The second-order valence-corrected chi connectivity index (χ2v) is 5.80. The molecule has 0 saturated carbocycles. The Morgan fingerprint density at radius 2 is 1.92 bits per heavy atom. The molecule has 2 rings (SSSR count). The van der Waals surface area contributed by atoms with Gasteiger partial charge in [0.1, 0.15) is 0 Å². The second kappa shape index (κ2) is 7.69. The summed E-state index contributed by atoms with van der Waals surface area (Å²) in [5.41, 5.74) is -0.571. The van der Waals surface area contributed by atoms with E-state index in [1.54, 1.807) is 0 Å². The van der Waals surface area contributed by atoms with Gasteiger partial charge in [0.05, 0.1) is 21.8 Å². The minimum atomic E-state index is -4.49. The molecule has 134 valence electrons. The molecular weight excluding hydrogens is 357 g/mol. The number of nitrogens with zero attached hydrogens (tertiary/aromatic N) is 2. The van der Waals surface area contributed by atoms with Crippen molar-refractivity contribution in [1.29, 1.82) is 0 Å². The van der Waals surface area contributed by atoms with Crippen molar-refractivity contribution in [2.24, 2.45) is 0 Å². The maximum absolute atomic E-state index is 12.8.